The van der Waals surface area contributed by atoms with E-state index in [9.17, 15) is 9.18 Å². The number of nitrogens with two attached hydrogens (primary N) is 1. The van der Waals surface area contributed by atoms with Crippen molar-refractivity contribution in [2.45, 2.75) is 6.92 Å². The van der Waals surface area contributed by atoms with E-state index in [4.69, 9.17) is 5.73 Å². The van der Waals surface area contributed by atoms with Gasteiger partial charge in [-0.25, -0.2) is 4.39 Å². The summed E-state index contributed by atoms with van der Waals surface area (Å²) in [5.41, 5.74) is 7.14. The standard InChI is InChI=1S/C17H15FN2O/c1-12-6-4-10-15(18)16(12)20-17(21)14-9-3-2-7-13(14)8-5-11-19/h2-4,6-7,9-10H,11,19H2,1H3,(H,20,21). The zero-order chi connectivity index (χ0) is 15.2. The van der Waals surface area contributed by atoms with Crippen LogP contribution in [0.3, 0.4) is 0 Å². The summed E-state index contributed by atoms with van der Waals surface area (Å²) in [6.07, 6.45) is 0. The third-order valence-corrected chi connectivity index (χ3v) is 2.96. The SMILES string of the molecule is Cc1cccc(F)c1NC(=O)c1ccccc1C#CCN. The van der Waals surface area contributed by atoms with Crippen LogP contribution in [-0.2, 0) is 0 Å². The maximum atomic E-state index is 13.8. The Balaban J connectivity index is 2.33. The minimum Gasteiger partial charge on any atom is -0.320 e. The number of nitrogens with one attached hydrogen (secondary N) is 1. The quantitative estimate of drug-likeness (QED) is 0.832. The van der Waals surface area contributed by atoms with Gasteiger partial charge < -0.3 is 11.1 Å². The highest BCUT2D eigenvalue weighted by Crippen LogP contribution is 2.20. The number of hydrogen-bond acceptors (Lipinski definition) is 2. The van der Waals surface area contributed by atoms with Crippen LogP contribution in [0.2, 0.25) is 0 Å². The van der Waals surface area contributed by atoms with E-state index in [0.717, 1.165) is 0 Å². The monoisotopic (exact) mass is 282 g/mol. The molecule has 2 rings (SSSR count). The minimum atomic E-state index is -0.464. The number of hydrogen-bond donors (Lipinski definition) is 2. The number of rotatable bonds is 2. The Morgan fingerprint density at radius 3 is 2.71 bits per heavy atom. The van der Waals surface area contributed by atoms with Gasteiger partial charge in [-0.15, -0.1) is 0 Å². The molecule has 3 nitrogen and oxygen atoms in total. The van der Waals surface area contributed by atoms with E-state index in [2.05, 4.69) is 17.2 Å². The molecule has 21 heavy (non-hydrogen) atoms. The van der Waals surface area contributed by atoms with Gasteiger partial charge in [0.05, 0.1) is 17.8 Å². The molecular weight excluding hydrogens is 267 g/mol. The van der Waals surface area contributed by atoms with Crippen LogP contribution < -0.4 is 11.1 Å². The normalized spacial score (nSPS) is 9.67. The molecule has 0 saturated carbocycles. The fourth-order valence-electron chi connectivity index (χ4n) is 1.91. The number of carbonyl (C=O) groups excluding carboxylic acids is 1. The Hall–Kier alpha value is -2.64. The molecule has 1 amide bonds. The van der Waals surface area contributed by atoms with Crippen molar-refractivity contribution in [2.24, 2.45) is 5.73 Å². The van der Waals surface area contributed by atoms with Crippen molar-refractivity contribution in [1.82, 2.24) is 0 Å². The Kier molecular flexibility index (Phi) is 4.70. The summed E-state index contributed by atoms with van der Waals surface area (Å²) in [4.78, 5) is 12.3. The third kappa shape index (κ3) is 3.47. The van der Waals surface area contributed by atoms with E-state index in [1.807, 2.05) is 0 Å². The van der Waals surface area contributed by atoms with Gasteiger partial charge in [-0.2, -0.15) is 0 Å². The molecule has 0 aromatic heterocycles. The highest BCUT2D eigenvalue weighted by Gasteiger charge is 2.13. The van der Waals surface area contributed by atoms with Crippen molar-refractivity contribution in [3.63, 3.8) is 0 Å². The Morgan fingerprint density at radius 1 is 1.24 bits per heavy atom. The van der Waals surface area contributed by atoms with E-state index < -0.39 is 11.7 Å². The number of carbonyl (C=O) groups is 1. The van der Waals surface area contributed by atoms with Crippen LogP contribution in [0.4, 0.5) is 10.1 Å². The average Bonchev–Trinajstić information content (AvgIpc) is 2.49. The van der Waals surface area contributed by atoms with Gasteiger partial charge in [0.15, 0.2) is 0 Å². The molecule has 106 valence electrons. The van der Waals surface area contributed by atoms with Gasteiger partial charge in [0.1, 0.15) is 5.82 Å². The van der Waals surface area contributed by atoms with Crippen LogP contribution in [0.1, 0.15) is 21.5 Å². The van der Waals surface area contributed by atoms with Crippen LogP contribution in [0, 0.1) is 24.6 Å². The van der Waals surface area contributed by atoms with Crippen LogP contribution in [-0.4, -0.2) is 12.5 Å². The molecule has 2 aromatic carbocycles. The van der Waals surface area contributed by atoms with Gasteiger partial charge in [-0.1, -0.05) is 36.1 Å². The largest absolute Gasteiger partial charge is 0.320 e. The molecule has 0 unspecified atom stereocenters. The van der Waals surface area contributed by atoms with Crippen LogP contribution in [0.15, 0.2) is 42.5 Å². The van der Waals surface area contributed by atoms with E-state index in [1.54, 1.807) is 43.3 Å². The average molecular weight is 282 g/mol. The first kappa shape index (κ1) is 14.8. The smallest absolute Gasteiger partial charge is 0.257 e. The molecule has 0 spiro atoms. The van der Waals surface area contributed by atoms with Gasteiger partial charge in [-0.05, 0) is 30.7 Å². The van der Waals surface area contributed by atoms with Crippen molar-refractivity contribution in [2.75, 3.05) is 11.9 Å². The highest BCUT2D eigenvalue weighted by molar-refractivity contribution is 6.06. The number of para-hydroxylation sites is 1. The van der Waals surface area contributed by atoms with Crippen LogP contribution in [0.5, 0.6) is 0 Å². The summed E-state index contributed by atoms with van der Waals surface area (Å²) in [5, 5.41) is 2.60. The molecule has 3 N–H and O–H groups in total. The number of anilines is 1. The zero-order valence-corrected chi connectivity index (χ0v) is 11.6. The second kappa shape index (κ2) is 6.69. The first-order valence-electron chi connectivity index (χ1n) is 6.48. The summed E-state index contributed by atoms with van der Waals surface area (Å²) < 4.78 is 13.8. The molecule has 0 fully saturated rings. The molecule has 0 bridgehead atoms. The van der Waals surface area contributed by atoms with Crippen molar-refractivity contribution >= 4 is 11.6 Å². The fourth-order valence-corrected chi connectivity index (χ4v) is 1.91. The molecule has 0 radical (unpaired) electrons. The summed E-state index contributed by atoms with van der Waals surface area (Å²) in [6.45, 7) is 1.95. The summed E-state index contributed by atoms with van der Waals surface area (Å²) >= 11 is 0. The zero-order valence-electron chi connectivity index (χ0n) is 11.6. The van der Waals surface area contributed by atoms with Crippen molar-refractivity contribution < 1.29 is 9.18 Å². The molecule has 0 aliphatic rings. The van der Waals surface area contributed by atoms with Gasteiger partial charge in [-0.3, -0.25) is 4.79 Å². The predicted molar refractivity (Wildman–Crippen MR) is 81.5 cm³/mol. The van der Waals surface area contributed by atoms with Crippen LogP contribution >= 0.6 is 0 Å². The van der Waals surface area contributed by atoms with Gasteiger partial charge >= 0.3 is 0 Å². The highest BCUT2D eigenvalue weighted by atomic mass is 19.1. The van der Waals surface area contributed by atoms with Gasteiger partial charge in [0.2, 0.25) is 0 Å². The Labute approximate surface area is 123 Å². The van der Waals surface area contributed by atoms with E-state index in [1.165, 1.54) is 6.07 Å². The number of benzene rings is 2. The minimum absolute atomic E-state index is 0.184. The Morgan fingerprint density at radius 2 is 2.00 bits per heavy atom. The lowest BCUT2D eigenvalue weighted by Gasteiger charge is -2.10. The topological polar surface area (TPSA) is 55.1 Å². The molecule has 0 saturated heterocycles. The molecule has 0 heterocycles. The Bertz CT molecular complexity index is 709. The third-order valence-electron chi connectivity index (χ3n) is 2.96. The van der Waals surface area contributed by atoms with Crippen molar-refractivity contribution in [1.29, 1.82) is 0 Å². The summed E-state index contributed by atoms with van der Waals surface area (Å²) in [7, 11) is 0. The molecule has 0 atom stereocenters. The number of amides is 1. The number of aryl methyl sites for hydroxylation is 1. The lowest BCUT2D eigenvalue weighted by Crippen LogP contribution is -2.15. The lowest BCUT2D eigenvalue weighted by molar-refractivity contribution is 0.102. The molecular formula is C17H15FN2O. The van der Waals surface area contributed by atoms with E-state index >= 15 is 0 Å². The maximum Gasteiger partial charge on any atom is 0.257 e. The van der Waals surface area contributed by atoms with Gasteiger partial charge in [0.25, 0.3) is 5.91 Å². The van der Waals surface area contributed by atoms with Gasteiger partial charge in [0, 0.05) is 5.56 Å². The lowest BCUT2D eigenvalue weighted by atomic mass is 10.1. The summed E-state index contributed by atoms with van der Waals surface area (Å²) in [5.74, 6) is 4.69. The number of halogens is 1. The van der Waals surface area contributed by atoms with E-state index in [0.29, 0.717) is 16.7 Å². The fraction of sp³-hybridized carbons (Fsp3) is 0.118. The maximum absolute atomic E-state index is 13.8. The second-order valence-corrected chi connectivity index (χ2v) is 4.44. The van der Waals surface area contributed by atoms with Crippen LogP contribution in [0.25, 0.3) is 0 Å². The summed E-state index contributed by atoms with van der Waals surface area (Å²) in [6, 6.07) is 11.5. The van der Waals surface area contributed by atoms with E-state index in [-0.39, 0.29) is 12.2 Å². The molecule has 2 aromatic rings. The second-order valence-electron chi connectivity index (χ2n) is 4.44. The predicted octanol–water partition coefficient (Wildman–Crippen LogP) is 2.70. The van der Waals surface area contributed by atoms with Crippen molar-refractivity contribution in [3.05, 3.63) is 65.0 Å². The molecule has 4 heteroatoms. The molecule has 0 aliphatic carbocycles. The van der Waals surface area contributed by atoms with Crippen molar-refractivity contribution in [3.8, 4) is 11.8 Å². The molecule has 0 aliphatic heterocycles. The first-order chi connectivity index (χ1) is 10.1. The first-order valence-corrected chi connectivity index (χ1v) is 6.48.